The highest BCUT2D eigenvalue weighted by Crippen LogP contribution is 2.24. The van der Waals surface area contributed by atoms with Gasteiger partial charge in [-0.2, -0.15) is 0 Å². The molecule has 0 aliphatic heterocycles. The first kappa shape index (κ1) is 11.1. The van der Waals surface area contributed by atoms with Crippen molar-refractivity contribution in [1.29, 1.82) is 0 Å². The molecule has 0 radical (unpaired) electrons. The second-order valence-electron chi connectivity index (χ2n) is 4.60. The maximum absolute atomic E-state index is 4.47. The molecule has 2 unspecified atom stereocenters. The lowest BCUT2D eigenvalue weighted by Gasteiger charge is -2.16. The summed E-state index contributed by atoms with van der Waals surface area (Å²) in [4.78, 5) is 4.47. The van der Waals surface area contributed by atoms with Crippen molar-refractivity contribution in [2.24, 2.45) is 5.92 Å². The predicted octanol–water partition coefficient (Wildman–Crippen LogP) is 2.77. The SMILES string of the molecule is Cc1csc(CCNC2CCCC2C)n1. The van der Waals surface area contributed by atoms with Gasteiger partial charge in [-0.05, 0) is 25.7 Å². The van der Waals surface area contributed by atoms with E-state index >= 15 is 0 Å². The van der Waals surface area contributed by atoms with Gasteiger partial charge in [0.05, 0.1) is 5.01 Å². The van der Waals surface area contributed by atoms with Gasteiger partial charge in [0.1, 0.15) is 0 Å². The van der Waals surface area contributed by atoms with Gasteiger partial charge in [-0.3, -0.25) is 0 Å². The Bertz CT molecular complexity index is 308. The fourth-order valence-electron chi connectivity index (χ4n) is 2.33. The van der Waals surface area contributed by atoms with Crippen LogP contribution in [0.25, 0.3) is 0 Å². The summed E-state index contributed by atoms with van der Waals surface area (Å²) in [6, 6.07) is 0.756. The number of aryl methyl sites for hydroxylation is 1. The molecule has 3 heteroatoms. The van der Waals surface area contributed by atoms with Gasteiger partial charge in [-0.25, -0.2) is 4.98 Å². The molecular weight excluding hydrogens is 204 g/mol. The predicted molar refractivity (Wildman–Crippen MR) is 65.4 cm³/mol. The lowest BCUT2D eigenvalue weighted by atomic mass is 10.1. The van der Waals surface area contributed by atoms with Gasteiger partial charge in [-0.15, -0.1) is 11.3 Å². The second kappa shape index (κ2) is 5.08. The van der Waals surface area contributed by atoms with E-state index in [1.807, 2.05) is 0 Å². The highest BCUT2D eigenvalue weighted by Gasteiger charge is 2.22. The summed E-state index contributed by atoms with van der Waals surface area (Å²) in [5.74, 6) is 0.864. The van der Waals surface area contributed by atoms with Crippen LogP contribution in [0.2, 0.25) is 0 Å². The maximum atomic E-state index is 4.47. The molecule has 0 bridgehead atoms. The quantitative estimate of drug-likeness (QED) is 0.850. The first-order valence-electron chi connectivity index (χ1n) is 5.90. The Kier molecular flexibility index (Phi) is 3.76. The summed E-state index contributed by atoms with van der Waals surface area (Å²) in [5, 5.41) is 7.06. The van der Waals surface area contributed by atoms with Crippen molar-refractivity contribution in [2.45, 2.75) is 45.6 Å². The fourth-order valence-corrected chi connectivity index (χ4v) is 3.11. The van der Waals surface area contributed by atoms with Crippen LogP contribution in [0, 0.1) is 12.8 Å². The Hall–Kier alpha value is -0.410. The lowest BCUT2D eigenvalue weighted by molar-refractivity contribution is 0.430. The van der Waals surface area contributed by atoms with E-state index in [2.05, 4.69) is 29.5 Å². The molecule has 2 atom stereocenters. The number of aromatic nitrogens is 1. The number of nitrogens with one attached hydrogen (secondary N) is 1. The molecular formula is C12H20N2S. The molecule has 2 nitrogen and oxygen atoms in total. The van der Waals surface area contributed by atoms with Crippen molar-refractivity contribution in [3.63, 3.8) is 0 Å². The Morgan fingerprint density at radius 3 is 3.00 bits per heavy atom. The molecule has 1 aromatic heterocycles. The minimum Gasteiger partial charge on any atom is -0.313 e. The van der Waals surface area contributed by atoms with Crippen molar-refractivity contribution < 1.29 is 0 Å². The van der Waals surface area contributed by atoms with Crippen LogP contribution in [0.1, 0.15) is 36.9 Å². The van der Waals surface area contributed by atoms with Gasteiger partial charge in [0.2, 0.25) is 0 Å². The summed E-state index contributed by atoms with van der Waals surface area (Å²) in [6.07, 6.45) is 5.24. The lowest BCUT2D eigenvalue weighted by Crippen LogP contribution is -2.32. The normalized spacial score (nSPS) is 26.0. The largest absolute Gasteiger partial charge is 0.313 e. The molecule has 2 rings (SSSR count). The molecule has 0 aromatic carbocycles. The monoisotopic (exact) mass is 224 g/mol. The first-order valence-corrected chi connectivity index (χ1v) is 6.78. The maximum Gasteiger partial charge on any atom is 0.0940 e. The van der Waals surface area contributed by atoms with Gasteiger partial charge >= 0.3 is 0 Å². The van der Waals surface area contributed by atoms with Gasteiger partial charge in [0.15, 0.2) is 0 Å². The smallest absolute Gasteiger partial charge is 0.0940 e. The van der Waals surface area contributed by atoms with Crippen LogP contribution in [-0.2, 0) is 6.42 Å². The Labute approximate surface area is 96.1 Å². The Morgan fingerprint density at radius 1 is 1.53 bits per heavy atom. The zero-order valence-corrected chi connectivity index (χ0v) is 10.4. The third kappa shape index (κ3) is 3.02. The molecule has 1 heterocycles. The summed E-state index contributed by atoms with van der Waals surface area (Å²) in [5.41, 5.74) is 1.16. The molecule has 1 aliphatic carbocycles. The summed E-state index contributed by atoms with van der Waals surface area (Å²) in [7, 11) is 0. The highest BCUT2D eigenvalue weighted by molar-refractivity contribution is 7.09. The highest BCUT2D eigenvalue weighted by atomic mass is 32.1. The van der Waals surface area contributed by atoms with E-state index in [0.29, 0.717) is 0 Å². The summed E-state index contributed by atoms with van der Waals surface area (Å²) >= 11 is 1.78. The third-order valence-corrected chi connectivity index (χ3v) is 4.30. The topological polar surface area (TPSA) is 24.9 Å². The Morgan fingerprint density at radius 2 is 2.40 bits per heavy atom. The first-order chi connectivity index (χ1) is 7.25. The molecule has 0 saturated heterocycles. The van der Waals surface area contributed by atoms with E-state index in [9.17, 15) is 0 Å². The van der Waals surface area contributed by atoms with E-state index in [-0.39, 0.29) is 0 Å². The average molecular weight is 224 g/mol. The Balaban J connectivity index is 1.70. The van der Waals surface area contributed by atoms with Crippen molar-refractivity contribution in [1.82, 2.24) is 10.3 Å². The molecule has 1 N–H and O–H groups in total. The third-order valence-electron chi connectivity index (χ3n) is 3.27. The number of nitrogens with zero attached hydrogens (tertiary/aromatic N) is 1. The van der Waals surface area contributed by atoms with E-state index in [0.717, 1.165) is 30.6 Å². The fraction of sp³-hybridized carbons (Fsp3) is 0.750. The minimum absolute atomic E-state index is 0.756. The van der Waals surface area contributed by atoms with Crippen LogP contribution in [-0.4, -0.2) is 17.6 Å². The van der Waals surface area contributed by atoms with E-state index < -0.39 is 0 Å². The number of thiazole rings is 1. The average Bonchev–Trinajstić information content (AvgIpc) is 2.77. The second-order valence-corrected chi connectivity index (χ2v) is 5.54. The van der Waals surface area contributed by atoms with Crippen LogP contribution in [0.4, 0.5) is 0 Å². The molecule has 84 valence electrons. The molecule has 1 aromatic rings. The molecule has 1 saturated carbocycles. The summed E-state index contributed by atoms with van der Waals surface area (Å²) in [6.45, 7) is 5.51. The molecule has 0 amide bonds. The minimum atomic E-state index is 0.756. The van der Waals surface area contributed by atoms with Gasteiger partial charge in [0, 0.05) is 30.1 Å². The molecule has 1 aliphatic rings. The molecule has 15 heavy (non-hydrogen) atoms. The number of rotatable bonds is 4. The van der Waals surface area contributed by atoms with Crippen molar-refractivity contribution in [3.8, 4) is 0 Å². The molecule has 0 spiro atoms. The van der Waals surface area contributed by atoms with E-state index in [1.165, 1.54) is 24.3 Å². The standard InChI is InChI=1S/C12H20N2S/c1-9-4-3-5-11(9)13-7-6-12-14-10(2)8-15-12/h8-9,11,13H,3-7H2,1-2H3. The van der Waals surface area contributed by atoms with Crippen LogP contribution in [0.3, 0.4) is 0 Å². The summed E-state index contributed by atoms with van der Waals surface area (Å²) < 4.78 is 0. The van der Waals surface area contributed by atoms with Crippen molar-refractivity contribution in [2.75, 3.05) is 6.54 Å². The zero-order valence-electron chi connectivity index (χ0n) is 9.62. The van der Waals surface area contributed by atoms with Crippen LogP contribution < -0.4 is 5.32 Å². The molecule has 1 fully saturated rings. The van der Waals surface area contributed by atoms with Gasteiger partial charge < -0.3 is 5.32 Å². The van der Waals surface area contributed by atoms with Crippen LogP contribution >= 0.6 is 11.3 Å². The van der Waals surface area contributed by atoms with Crippen molar-refractivity contribution >= 4 is 11.3 Å². The van der Waals surface area contributed by atoms with Crippen LogP contribution in [0.5, 0.6) is 0 Å². The number of hydrogen-bond donors (Lipinski definition) is 1. The van der Waals surface area contributed by atoms with E-state index in [4.69, 9.17) is 0 Å². The van der Waals surface area contributed by atoms with Crippen molar-refractivity contribution in [3.05, 3.63) is 16.1 Å². The van der Waals surface area contributed by atoms with Gasteiger partial charge in [-0.1, -0.05) is 13.3 Å². The number of hydrogen-bond acceptors (Lipinski definition) is 3. The van der Waals surface area contributed by atoms with Crippen LogP contribution in [0.15, 0.2) is 5.38 Å². The zero-order chi connectivity index (χ0) is 10.7. The van der Waals surface area contributed by atoms with E-state index in [1.54, 1.807) is 11.3 Å². The van der Waals surface area contributed by atoms with Gasteiger partial charge in [0.25, 0.3) is 0 Å².